The molecule has 0 bridgehead atoms. The van der Waals surface area contributed by atoms with Gasteiger partial charge in [0.25, 0.3) is 0 Å². The van der Waals surface area contributed by atoms with E-state index in [-0.39, 0.29) is 0 Å². The van der Waals surface area contributed by atoms with Gasteiger partial charge >= 0.3 is 0 Å². The molecule has 1 aromatic rings. The SMILES string of the molecule is Cc1ccccc1NCCC1CCCCN1. The van der Waals surface area contributed by atoms with Crippen LogP contribution in [0.5, 0.6) is 0 Å². The number of hydrogen-bond acceptors (Lipinski definition) is 2. The molecule has 0 spiro atoms. The maximum atomic E-state index is 3.58. The first-order valence-corrected chi connectivity index (χ1v) is 6.39. The van der Waals surface area contributed by atoms with E-state index in [1.807, 2.05) is 0 Å². The highest BCUT2D eigenvalue weighted by molar-refractivity contribution is 5.50. The molecule has 2 nitrogen and oxygen atoms in total. The van der Waals surface area contributed by atoms with Gasteiger partial charge in [0, 0.05) is 18.3 Å². The summed E-state index contributed by atoms with van der Waals surface area (Å²) in [6.07, 6.45) is 5.31. The maximum absolute atomic E-state index is 3.58. The number of piperidine rings is 1. The smallest absolute Gasteiger partial charge is 0.0369 e. The van der Waals surface area contributed by atoms with E-state index in [0.29, 0.717) is 0 Å². The van der Waals surface area contributed by atoms with Gasteiger partial charge in [-0.05, 0) is 44.4 Å². The van der Waals surface area contributed by atoms with Crippen molar-refractivity contribution in [3.05, 3.63) is 29.8 Å². The summed E-state index contributed by atoms with van der Waals surface area (Å²) in [4.78, 5) is 0. The van der Waals surface area contributed by atoms with Crippen LogP contribution in [0.4, 0.5) is 5.69 Å². The fourth-order valence-corrected chi connectivity index (χ4v) is 2.32. The molecule has 2 N–H and O–H groups in total. The summed E-state index contributed by atoms with van der Waals surface area (Å²) in [5.41, 5.74) is 2.61. The highest BCUT2D eigenvalue weighted by Gasteiger charge is 2.11. The van der Waals surface area contributed by atoms with E-state index in [1.54, 1.807) is 0 Å². The zero-order valence-electron chi connectivity index (χ0n) is 10.1. The van der Waals surface area contributed by atoms with Crippen molar-refractivity contribution in [1.82, 2.24) is 5.32 Å². The van der Waals surface area contributed by atoms with Crippen LogP contribution < -0.4 is 10.6 Å². The minimum atomic E-state index is 0.727. The molecule has 1 heterocycles. The van der Waals surface area contributed by atoms with Crippen LogP contribution in [0.2, 0.25) is 0 Å². The summed E-state index contributed by atoms with van der Waals surface area (Å²) in [6.45, 7) is 4.43. The van der Waals surface area contributed by atoms with Gasteiger partial charge in [-0.3, -0.25) is 0 Å². The Balaban J connectivity index is 1.73. The second kappa shape index (κ2) is 5.90. The fourth-order valence-electron chi connectivity index (χ4n) is 2.32. The zero-order valence-corrected chi connectivity index (χ0v) is 10.1. The van der Waals surface area contributed by atoms with E-state index in [2.05, 4.69) is 41.8 Å². The number of para-hydroxylation sites is 1. The Labute approximate surface area is 98.4 Å². The molecule has 1 fully saturated rings. The molecule has 1 aliphatic heterocycles. The van der Waals surface area contributed by atoms with Gasteiger partial charge in [-0.2, -0.15) is 0 Å². The highest BCUT2D eigenvalue weighted by Crippen LogP contribution is 2.14. The van der Waals surface area contributed by atoms with Crippen molar-refractivity contribution in [2.75, 3.05) is 18.4 Å². The molecule has 0 aromatic heterocycles. The Kier molecular flexibility index (Phi) is 4.23. The second-order valence-electron chi connectivity index (χ2n) is 4.68. The van der Waals surface area contributed by atoms with Gasteiger partial charge in [0.1, 0.15) is 0 Å². The average Bonchev–Trinajstić information content (AvgIpc) is 2.33. The van der Waals surface area contributed by atoms with E-state index >= 15 is 0 Å². The van der Waals surface area contributed by atoms with E-state index < -0.39 is 0 Å². The van der Waals surface area contributed by atoms with Crippen molar-refractivity contribution in [3.8, 4) is 0 Å². The first-order valence-electron chi connectivity index (χ1n) is 6.39. The van der Waals surface area contributed by atoms with Crippen LogP contribution >= 0.6 is 0 Å². The summed E-state index contributed by atoms with van der Waals surface area (Å²) in [7, 11) is 0. The van der Waals surface area contributed by atoms with Crippen molar-refractivity contribution < 1.29 is 0 Å². The number of rotatable bonds is 4. The van der Waals surface area contributed by atoms with Crippen LogP contribution in [0.15, 0.2) is 24.3 Å². The molecule has 1 aliphatic rings. The molecular weight excluding hydrogens is 196 g/mol. The van der Waals surface area contributed by atoms with E-state index in [9.17, 15) is 0 Å². The predicted molar refractivity (Wildman–Crippen MR) is 69.9 cm³/mol. The van der Waals surface area contributed by atoms with Crippen molar-refractivity contribution in [1.29, 1.82) is 0 Å². The predicted octanol–water partition coefficient (Wildman–Crippen LogP) is 2.94. The molecule has 0 radical (unpaired) electrons. The molecule has 1 saturated heterocycles. The number of aryl methyl sites for hydroxylation is 1. The molecule has 1 atom stereocenters. The third kappa shape index (κ3) is 3.24. The molecule has 2 rings (SSSR count). The Morgan fingerprint density at radius 3 is 2.94 bits per heavy atom. The van der Waals surface area contributed by atoms with Crippen LogP contribution in [0.3, 0.4) is 0 Å². The standard InChI is InChI=1S/C14H22N2/c1-12-6-2-3-8-14(12)16-11-9-13-7-4-5-10-15-13/h2-3,6,8,13,15-16H,4-5,7,9-11H2,1H3. The summed E-state index contributed by atoms with van der Waals surface area (Å²) < 4.78 is 0. The van der Waals surface area contributed by atoms with Crippen LogP contribution in [0.1, 0.15) is 31.2 Å². The lowest BCUT2D eigenvalue weighted by Crippen LogP contribution is -2.35. The van der Waals surface area contributed by atoms with Gasteiger partial charge in [0.05, 0.1) is 0 Å². The molecule has 0 amide bonds. The third-order valence-electron chi connectivity index (χ3n) is 3.37. The van der Waals surface area contributed by atoms with Crippen LogP contribution in [0.25, 0.3) is 0 Å². The first kappa shape index (κ1) is 11.5. The Morgan fingerprint density at radius 1 is 1.31 bits per heavy atom. The molecule has 1 unspecified atom stereocenters. The lowest BCUT2D eigenvalue weighted by atomic mass is 10.0. The van der Waals surface area contributed by atoms with Crippen molar-refractivity contribution in [3.63, 3.8) is 0 Å². The van der Waals surface area contributed by atoms with E-state index in [1.165, 1.54) is 43.5 Å². The molecule has 88 valence electrons. The van der Waals surface area contributed by atoms with Gasteiger partial charge < -0.3 is 10.6 Å². The van der Waals surface area contributed by atoms with Crippen molar-refractivity contribution in [2.45, 2.75) is 38.6 Å². The topological polar surface area (TPSA) is 24.1 Å². The van der Waals surface area contributed by atoms with Crippen LogP contribution in [-0.4, -0.2) is 19.1 Å². The minimum absolute atomic E-state index is 0.727. The summed E-state index contributed by atoms with van der Waals surface area (Å²) in [6, 6.07) is 9.22. The normalized spacial score (nSPS) is 20.7. The van der Waals surface area contributed by atoms with Gasteiger partial charge in [-0.1, -0.05) is 24.6 Å². The van der Waals surface area contributed by atoms with Gasteiger partial charge in [0.15, 0.2) is 0 Å². The summed E-state index contributed by atoms with van der Waals surface area (Å²) in [5.74, 6) is 0. The fraction of sp³-hybridized carbons (Fsp3) is 0.571. The van der Waals surface area contributed by atoms with Crippen LogP contribution in [-0.2, 0) is 0 Å². The minimum Gasteiger partial charge on any atom is -0.385 e. The number of benzene rings is 1. The highest BCUT2D eigenvalue weighted by atomic mass is 14.9. The van der Waals surface area contributed by atoms with E-state index in [0.717, 1.165) is 12.6 Å². The monoisotopic (exact) mass is 218 g/mol. The molecule has 1 aromatic carbocycles. The van der Waals surface area contributed by atoms with Crippen molar-refractivity contribution in [2.24, 2.45) is 0 Å². The third-order valence-corrected chi connectivity index (χ3v) is 3.37. The largest absolute Gasteiger partial charge is 0.385 e. The van der Waals surface area contributed by atoms with Crippen molar-refractivity contribution >= 4 is 5.69 Å². The number of hydrogen-bond donors (Lipinski definition) is 2. The Bertz CT molecular complexity index is 316. The van der Waals surface area contributed by atoms with Gasteiger partial charge in [-0.25, -0.2) is 0 Å². The molecule has 2 heteroatoms. The number of nitrogens with one attached hydrogen (secondary N) is 2. The lowest BCUT2D eigenvalue weighted by molar-refractivity contribution is 0.389. The maximum Gasteiger partial charge on any atom is 0.0369 e. The average molecular weight is 218 g/mol. The first-order chi connectivity index (χ1) is 7.86. The molecular formula is C14H22N2. The van der Waals surface area contributed by atoms with Gasteiger partial charge in [0.2, 0.25) is 0 Å². The zero-order chi connectivity index (χ0) is 11.2. The number of anilines is 1. The summed E-state index contributed by atoms with van der Waals surface area (Å²) in [5, 5.41) is 7.10. The molecule has 16 heavy (non-hydrogen) atoms. The summed E-state index contributed by atoms with van der Waals surface area (Å²) >= 11 is 0. The Hall–Kier alpha value is -1.02. The second-order valence-corrected chi connectivity index (χ2v) is 4.68. The lowest BCUT2D eigenvalue weighted by Gasteiger charge is -2.23. The quantitative estimate of drug-likeness (QED) is 0.812. The van der Waals surface area contributed by atoms with Gasteiger partial charge in [-0.15, -0.1) is 0 Å². The Morgan fingerprint density at radius 2 is 2.19 bits per heavy atom. The van der Waals surface area contributed by atoms with Crippen LogP contribution in [0, 0.1) is 6.92 Å². The molecule has 0 saturated carbocycles. The van der Waals surface area contributed by atoms with E-state index in [4.69, 9.17) is 0 Å². The molecule has 0 aliphatic carbocycles.